The minimum atomic E-state index is -0.108. The van der Waals surface area contributed by atoms with Crippen molar-refractivity contribution in [2.24, 2.45) is 0 Å². The Bertz CT molecular complexity index is 780. The number of amides is 1. The Kier molecular flexibility index (Phi) is 3.66. The maximum Gasteiger partial charge on any atom is 0.250 e. The normalized spacial score (nSPS) is 19.7. The van der Waals surface area contributed by atoms with E-state index in [1.807, 2.05) is 18.2 Å². The number of hydrogen-bond donors (Lipinski definition) is 0. The van der Waals surface area contributed by atoms with E-state index in [0.29, 0.717) is 16.6 Å². The molecular formula is C17H15Cl2N3O. The van der Waals surface area contributed by atoms with Crippen molar-refractivity contribution in [1.29, 1.82) is 0 Å². The SMILES string of the molecule is O=C1[C@H]2CCCN2c2ncccc2N1Cc1ccc(Cl)cc1Cl. The van der Waals surface area contributed by atoms with Gasteiger partial charge in [0.2, 0.25) is 5.91 Å². The predicted octanol–water partition coefficient (Wildman–Crippen LogP) is 3.90. The van der Waals surface area contributed by atoms with Crippen molar-refractivity contribution in [3.63, 3.8) is 0 Å². The zero-order chi connectivity index (χ0) is 16.0. The standard InChI is InChI=1S/C17H15Cl2N3O/c18-12-6-5-11(13(19)9-12)10-22-14-3-1-7-20-16(14)21-8-2-4-15(21)17(22)23/h1,3,5-7,9,15H,2,4,8,10H2/t15-/m1/s1. The lowest BCUT2D eigenvalue weighted by Crippen LogP contribution is -2.50. The number of benzene rings is 1. The first-order valence-corrected chi connectivity index (χ1v) is 8.38. The van der Waals surface area contributed by atoms with E-state index in [2.05, 4.69) is 9.88 Å². The van der Waals surface area contributed by atoms with Crippen LogP contribution in [0.3, 0.4) is 0 Å². The molecule has 1 aromatic carbocycles. The molecule has 6 heteroatoms. The second-order valence-corrected chi connectivity index (χ2v) is 6.70. The van der Waals surface area contributed by atoms with Gasteiger partial charge in [-0.15, -0.1) is 0 Å². The van der Waals surface area contributed by atoms with E-state index in [0.717, 1.165) is 36.5 Å². The summed E-state index contributed by atoms with van der Waals surface area (Å²) in [4.78, 5) is 21.4. The van der Waals surface area contributed by atoms with Crippen LogP contribution < -0.4 is 9.80 Å². The first kappa shape index (κ1) is 14.8. The van der Waals surface area contributed by atoms with Crippen LogP contribution in [-0.4, -0.2) is 23.5 Å². The van der Waals surface area contributed by atoms with E-state index >= 15 is 0 Å². The summed E-state index contributed by atoms with van der Waals surface area (Å²) >= 11 is 12.2. The fourth-order valence-electron chi connectivity index (χ4n) is 3.38. The summed E-state index contributed by atoms with van der Waals surface area (Å²) in [7, 11) is 0. The van der Waals surface area contributed by atoms with Crippen LogP contribution in [0.25, 0.3) is 0 Å². The van der Waals surface area contributed by atoms with Crippen molar-refractivity contribution < 1.29 is 4.79 Å². The van der Waals surface area contributed by atoms with Gasteiger partial charge in [-0.3, -0.25) is 4.79 Å². The van der Waals surface area contributed by atoms with Gasteiger partial charge in [-0.05, 0) is 42.7 Å². The lowest BCUT2D eigenvalue weighted by atomic mass is 10.1. The van der Waals surface area contributed by atoms with E-state index in [4.69, 9.17) is 23.2 Å². The van der Waals surface area contributed by atoms with Crippen LogP contribution in [0.4, 0.5) is 11.5 Å². The van der Waals surface area contributed by atoms with Gasteiger partial charge in [-0.1, -0.05) is 29.3 Å². The zero-order valence-corrected chi connectivity index (χ0v) is 13.9. The van der Waals surface area contributed by atoms with Crippen molar-refractivity contribution in [2.45, 2.75) is 25.4 Å². The minimum absolute atomic E-state index is 0.108. The molecule has 2 aromatic rings. The highest BCUT2D eigenvalue weighted by molar-refractivity contribution is 6.35. The molecule has 2 aliphatic rings. The Hall–Kier alpha value is -1.78. The topological polar surface area (TPSA) is 36.4 Å². The van der Waals surface area contributed by atoms with Crippen LogP contribution in [0.5, 0.6) is 0 Å². The molecule has 1 aromatic heterocycles. The van der Waals surface area contributed by atoms with E-state index < -0.39 is 0 Å². The van der Waals surface area contributed by atoms with E-state index in [9.17, 15) is 4.79 Å². The third-order valence-corrected chi connectivity index (χ3v) is 5.06. The number of anilines is 2. The number of halogens is 2. The lowest BCUT2D eigenvalue weighted by Gasteiger charge is -2.38. The van der Waals surface area contributed by atoms with Crippen LogP contribution >= 0.6 is 23.2 Å². The Morgan fingerprint density at radius 1 is 1.26 bits per heavy atom. The van der Waals surface area contributed by atoms with Crippen molar-refractivity contribution in [3.8, 4) is 0 Å². The average molecular weight is 348 g/mol. The Labute approximate surface area is 144 Å². The number of pyridine rings is 1. The molecule has 0 saturated carbocycles. The lowest BCUT2D eigenvalue weighted by molar-refractivity contribution is -0.120. The van der Waals surface area contributed by atoms with Crippen molar-refractivity contribution in [1.82, 2.24) is 4.98 Å². The summed E-state index contributed by atoms with van der Waals surface area (Å²) in [5, 5.41) is 1.16. The highest BCUT2D eigenvalue weighted by atomic mass is 35.5. The van der Waals surface area contributed by atoms with Gasteiger partial charge in [0.25, 0.3) is 0 Å². The third-order valence-electron chi connectivity index (χ3n) is 4.48. The summed E-state index contributed by atoms with van der Waals surface area (Å²) in [5.41, 5.74) is 1.73. The molecule has 4 rings (SSSR count). The highest BCUT2D eigenvalue weighted by Gasteiger charge is 2.41. The average Bonchev–Trinajstić information content (AvgIpc) is 3.03. The fraction of sp³-hybridized carbons (Fsp3) is 0.294. The molecule has 0 bridgehead atoms. The molecule has 0 N–H and O–H groups in total. The second-order valence-electron chi connectivity index (χ2n) is 5.86. The Balaban J connectivity index is 1.75. The third kappa shape index (κ3) is 2.46. The molecule has 3 heterocycles. The summed E-state index contributed by atoms with van der Waals surface area (Å²) < 4.78 is 0. The van der Waals surface area contributed by atoms with Gasteiger partial charge in [0.15, 0.2) is 5.82 Å². The largest absolute Gasteiger partial charge is 0.343 e. The van der Waals surface area contributed by atoms with Crippen molar-refractivity contribution in [3.05, 3.63) is 52.1 Å². The molecule has 4 nitrogen and oxygen atoms in total. The maximum absolute atomic E-state index is 12.9. The van der Waals surface area contributed by atoms with Gasteiger partial charge in [-0.25, -0.2) is 4.98 Å². The molecule has 1 saturated heterocycles. The summed E-state index contributed by atoms with van der Waals surface area (Å²) in [6.07, 6.45) is 3.67. The molecule has 1 fully saturated rings. The van der Waals surface area contributed by atoms with E-state index in [-0.39, 0.29) is 11.9 Å². The molecule has 118 valence electrons. The summed E-state index contributed by atoms with van der Waals surface area (Å²) in [6, 6.07) is 9.07. The first-order chi connectivity index (χ1) is 11.1. The monoisotopic (exact) mass is 347 g/mol. The van der Waals surface area contributed by atoms with Gasteiger partial charge in [-0.2, -0.15) is 0 Å². The number of nitrogens with zero attached hydrogens (tertiary/aromatic N) is 3. The minimum Gasteiger partial charge on any atom is -0.343 e. The predicted molar refractivity (Wildman–Crippen MR) is 92.3 cm³/mol. The number of fused-ring (bicyclic) bond motifs is 3. The van der Waals surface area contributed by atoms with Crippen LogP contribution in [-0.2, 0) is 11.3 Å². The van der Waals surface area contributed by atoms with Crippen LogP contribution in [0.1, 0.15) is 18.4 Å². The number of carbonyl (C=O) groups excluding carboxylic acids is 1. The van der Waals surface area contributed by atoms with Crippen molar-refractivity contribution in [2.75, 3.05) is 16.3 Å². The van der Waals surface area contributed by atoms with Gasteiger partial charge in [0.1, 0.15) is 6.04 Å². The van der Waals surface area contributed by atoms with Gasteiger partial charge >= 0.3 is 0 Å². The van der Waals surface area contributed by atoms with E-state index in [1.54, 1.807) is 23.2 Å². The van der Waals surface area contributed by atoms with Crippen molar-refractivity contribution >= 4 is 40.6 Å². The van der Waals surface area contributed by atoms with Gasteiger partial charge < -0.3 is 9.80 Å². The molecule has 0 aliphatic carbocycles. The number of rotatable bonds is 2. The van der Waals surface area contributed by atoms with E-state index in [1.165, 1.54) is 0 Å². The molecular weight excluding hydrogens is 333 g/mol. The molecule has 1 amide bonds. The number of hydrogen-bond acceptors (Lipinski definition) is 3. The maximum atomic E-state index is 12.9. The summed E-state index contributed by atoms with van der Waals surface area (Å²) in [6.45, 7) is 1.31. The highest BCUT2D eigenvalue weighted by Crippen LogP contribution is 2.39. The first-order valence-electron chi connectivity index (χ1n) is 7.62. The van der Waals surface area contributed by atoms with Gasteiger partial charge in [0, 0.05) is 22.8 Å². The van der Waals surface area contributed by atoms with Gasteiger partial charge in [0.05, 0.1) is 12.2 Å². The van der Waals surface area contributed by atoms with Crippen LogP contribution in [0.15, 0.2) is 36.5 Å². The molecule has 0 radical (unpaired) electrons. The molecule has 1 atom stereocenters. The van der Waals surface area contributed by atoms with Crippen LogP contribution in [0, 0.1) is 0 Å². The fourth-order valence-corrected chi connectivity index (χ4v) is 3.85. The number of carbonyl (C=O) groups is 1. The molecule has 0 spiro atoms. The molecule has 0 unspecified atom stereocenters. The summed E-state index contributed by atoms with van der Waals surface area (Å²) in [5.74, 6) is 1.01. The molecule has 23 heavy (non-hydrogen) atoms. The zero-order valence-electron chi connectivity index (χ0n) is 12.4. The Morgan fingerprint density at radius 3 is 2.96 bits per heavy atom. The second kappa shape index (κ2) is 5.69. The molecule has 2 aliphatic heterocycles. The smallest absolute Gasteiger partial charge is 0.250 e. The Morgan fingerprint density at radius 2 is 2.13 bits per heavy atom. The number of aromatic nitrogens is 1. The quantitative estimate of drug-likeness (QED) is 0.826. The van der Waals surface area contributed by atoms with Crippen LogP contribution in [0.2, 0.25) is 10.0 Å².